The molecule has 0 aliphatic heterocycles. The van der Waals surface area contributed by atoms with E-state index >= 15 is 0 Å². The van der Waals surface area contributed by atoms with E-state index in [-0.39, 0.29) is 5.38 Å². The van der Waals surface area contributed by atoms with Crippen molar-refractivity contribution in [2.75, 3.05) is 13.2 Å². The zero-order valence-corrected chi connectivity index (χ0v) is 15.6. The third-order valence-corrected chi connectivity index (χ3v) is 4.61. The molecule has 0 amide bonds. The molecule has 0 fully saturated rings. The van der Waals surface area contributed by atoms with Gasteiger partial charge in [0.05, 0.1) is 12.0 Å². The van der Waals surface area contributed by atoms with Gasteiger partial charge in [-0.05, 0) is 47.9 Å². The highest BCUT2D eigenvalue weighted by Crippen LogP contribution is 2.25. The topological polar surface area (TPSA) is 18.5 Å². The van der Waals surface area contributed by atoms with Crippen LogP contribution in [0.2, 0.25) is 0 Å². The molecule has 0 saturated carbocycles. The zero-order chi connectivity index (χ0) is 17.2. The highest BCUT2D eigenvalue weighted by molar-refractivity contribution is 6.20. The summed E-state index contributed by atoms with van der Waals surface area (Å²) in [5.41, 5.74) is 0. The highest BCUT2D eigenvalue weighted by atomic mass is 35.5. The van der Waals surface area contributed by atoms with E-state index in [0.29, 0.717) is 6.61 Å². The van der Waals surface area contributed by atoms with Gasteiger partial charge in [-0.2, -0.15) is 0 Å². The van der Waals surface area contributed by atoms with E-state index in [1.165, 1.54) is 31.1 Å². The molecule has 2 aromatic carbocycles. The lowest BCUT2D eigenvalue weighted by Crippen LogP contribution is -2.10. The van der Waals surface area contributed by atoms with E-state index in [1.807, 2.05) is 12.1 Å². The molecular formula is C21H29ClO2. The molecule has 3 heteroatoms. The van der Waals surface area contributed by atoms with Gasteiger partial charge in [-0.15, -0.1) is 11.6 Å². The monoisotopic (exact) mass is 348 g/mol. The minimum absolute atomic E-state index is 0.0637. The Hall–Kier alpha value is -1.41. The highest BCUT2D eigenvalue weighted by Gasteiger charge is 2.04. The number of alkyl halides is 1. The third kappa shape index (κ3) is 6.24. The average molecular weight is 349 g/mol. The molecule has 0 radical (unpaired) electrons. The van der Waals surface area contributed by atoms with E-state index in [4.69, 9.17) is 21.1 Å². The van der Waals surface area contributed by atoms with Gasteiger partial charge < -0.3 is 9.47 Å². The summed E-state index contributed by atoms with van der Waals surface area (Å²) in [4.78, 5) is 0. The first-order valence-electron chi connectivity index (χ1n) is 9.16. The number of unbranched alkanes of at least 4 members (excludes halogenated alkanes) is 4. The fourth-order valence-electron chi connectivity index (χ4n) is 2.58. The lowest BCUT2D eigenvalue weighted by molar-refractivity contribution is 0.305. The molecule has 24 heavy (non-hydrogen) atoms. The molecule has 1 atom stereocenters. The van der Waals surface area contributed by atoms with Crippen LogP contribution in [-0.2, 0) is 0 Å². The molecule has 132 valence electrons. The second-order valence-electron chi connectivity index (χ2n) is 6.25. The summed E-state index contributed by atoms with van der Waals surface area (Å²) in [6, 6.07) is 12.4. The summed E-state index contributed by atoms with van der Waals surface area (Å²) in [5.74, 6) is 1.81. The van der Waals surface area contributed by atoms with Crippen molar-refractivity contribution in [1.82, 2.24) is 0 Å². The fraction of sp³-hybridized carbons (Fsp3) is 0.524. The Morgan fingerprint density at radius 3 is 2.08 bits per heavy atom. The van der Waals surface area contributed by atoms with Gasteiger partial charge in [-0.1, -0.05) is 51.7 Å². The van der Waals surface area contributed by atoms with Gasteiger partial charge >= 0.3 is 0 Å². The number of benzene rings is 2. The van der Waals surface area contributed by atoms with Crippen molar-refractivity contribution in [2.24, 2.45) is 0 Å². The molecule has 0 bridgehead atoms. The number of hydrogen-bond donors (Lipinski definition) is 0. The van der Waals surface area contributed by atoms with Crippen molar-refractivity contribution in [3.63, 3.8) is 0 Å². The van der Waals surface area contributed by atoms with E-state index in [0.717, 1.165) is 36.3 Å². The van der Waals surface area contributed by atoms with Crippen LogP contribution in [0.25, 0.3) is 10.8 Å². The zero-order valence-electron chi connectivity index (χ0n) is 14.9. The second kappa shape index (κ2) is 10.5. The minimum atomic E-state index is 0.0637. The molecule has 0 spiro atoms. The van der Waals surface area contributed by atoms with Crippen LogP contribution in [0.4, 0.5) is 0 Å². The first kappa shape index (κ1) is 18.9. The van der Waals surface area contributed by atoms with Crippen LogP contribution < -0.4 is 9.47 Å². The normalized spacial score (nSPS) is 12.3. The van der Waals surface area contributed by atoms with Crippen LogP contribution in [0.5, 0.6) is 11.5 Å². The average Bonchev–Trinajstić information content (AvgIpc) is 2.62. The molecule has 0 aliphatic carbocycles. The predicted molar refractivity (Wildman–Crippen MR) is 104 cm³/mol. The van der Waals surface area contributed by atoms with E-state index in [2.05, 4.69) is 38.1 Å². The largest absolute Gasteiger partial charge is 0.494 e. The maximum Gasteiger partial charge on any atom is 0.120 e. The van der Waals surface area contributed by atoms with Gasteiger partial charge in [-0.25, -0.2) is 0 Å². The van der Waals surface area contributed by atoms with Crippen molar-refractivity contribution < 1.29 is 9.47 Å². The fourth-order valence-corrected chi connectivity index (χ4v) is 2.64. The van der Waals surface area contributed by atoms with Crippen molar-refractivity contribution in [3.05, 3.63) is 36.4 Å². The number of fused-ring (bicyclic) bond motifs is 1. The maximum atomic E-state index is 6.10. The quantitative estimate of drug-likeness (QED) is 0.337. The first-order chi connectivity index (χ1) is 11.7. The number of halogens is 1. The number of rotatable bonds is 11. The van der Waals surface area contributed by atoms with Gasteiger partial charge in [-0.3, -0.25) is 0 Å². The smallest absolute Gasteiger partial charge is 0.120 e. The molecule has 0 aliphatic rings. The van der Waals surface area contributed by atoms with Crippen molar-refractivity contribution in [3.8, 4) is 11.5 Å². The Bertz CT molecular complexity index is 612. The Morgan fingerprint density at radius 1 is 0.833 bits per heavy atom. The summed E-state index contributed by atoms with van der Waals surface area (Å²) < 4.78 is 11.6. The third-order valence-electron chi connectivity index (χ3n) is 4.17. The van der Waals surface area contributed by atoms with E-state index in [9.17, 15) is 0 Å². The second-order valence-corrected chi connectivity index (χ2v) is 6.87. The summed E-state index contributed by atoms with van der Waals surface area (Å²) in [7, 11) is 0. The summed E-state index contributed by atoms with van der Waals surface area (Å²) >= 11 is 6.10. The number of hydrogen-bond acceptors (Lipinski definition) is 2. The Morgan fingerprint density at radius 2 is 1.46 bits per heavy atom. The van der Waals surface area contributed by atoms with Gasteiger partial charge in [0.25, 0.3) is 0 Å². The Kier molecular flexibility index (Phi) is 8.24. The van der Waals surface area contributed by atoms with Gasteiger partial charge in [0, 0.05) is 0 Å². The Balaban J connectivity index is 1.87. The van der Waals surface area contributed by atoms with Crippen LogP contribution in [0.15, 0.2) is 36.4 Å². The lowest BCUT2D eigenvalue weighted by Gasteiger charge is -2.11. The van der Waals surface area contributed by atoms with Crippen LogP contribution in [0.1, 0.15) is 52.4 Å². The van der Waals surface area contributed by atoms with Gasteiger partial charge in [0.1, 0.15) is 18.1 Å². The van der Waals surface area contributed by atoms with Crippen LogP contribution >= 0.6 is 11.6 Å². The molecule has 2 rings (SSSR count). The molecule has 0 aromatic heterocycles. The molecule has 1 unspecified atom stereocenters. The van der Waals surface area contributed by atoms with Gasteiger partial charge in [0.2, 0.25) is 0 Å². The minimum Gasteiger partial charge on any atom is -0.494 e. The van der Waals surface area contributed by atoms with Crippen LogP contribution in [-0.4, -0.2) is 18.6 Å². The molecule has 0 heterocycles. The lowest BCUT2D eigenvalue weighted by atomic mass is 10.1. The molecule has 0 saturated heterocycles. The predicted octanol–water partition coefficient (Wildman–Crippen LogP) is 6.59. The first-order valence-corrected chi connectivity index (χ1v) is 9.60. The molecule has 0 N–H and O–H groups in total. The van der Waals surface area contributed by atoms with Crippen LogP contribution in [0, 0.1) is 0 Å². The maximum absolute atomic E-state index is 6.10. The van der Waals surface area contributed by atoms with Crippen molar-refractivity contribution in [1.29, 1.82) is 0 Å². The number of ether oxygens (including phenoxy) is 2. The van der Waals surface area contributed by atoms with E-state index in [1.54, 1.807) is 0 Å². The molecule has 2 nitrogen and oxygen atoms in total. The van der Waals surface area contributed by atoms with Gasteiger partial charge in [0.15, 0.2) is 0 Å². The molecular weight excluding hydrogens is 320 g/mol. The van der Waals surface area contributed by atoms with Crippen molar-refractivity contribution in [2.45, 2.75) is 57.7 Å². The van der Waals surface area contributed by atoms with E-state index < -0.39 is 0 Å². The molecule has 2 aromatic rings. The summed E-state index contributed by atoms with van der Waals surface area (Å²) in [6.45, 7) is 5.64. The Labute approximate surface area is 151 Å². The SMILES string of the molecule is CCCCCCCOc1ccc2cc(OCC(Cl)CC)ccc2c1. The standard InChI is InChI=1S/C21H29ClO2/c1-3-5-6-7-8-13-23-20-11-9-18-15-21(12-10-17(18)14-20)24-16-19(22)4-2/h9-12,14-15,19H,3-8,13,16H2,1-2H3. The summed E-state index contributed by atoms with van der Waals surface area (Å²) in [6.07, 6.45) is 7.20. The van der Waals surface area contributed by atoms with Crippen LogP contribution in [0.3, 0.4) is 0 Å². The summed E-state index contributed by atoms with van der Waals surface area (Å²) in [5, 5.41) is 2.39. The van der Waals surface area contributed by atoms with Crippen molar-refractivity contribution >= 4 is 22.4 Å².